The Morgan fingerprint density at radius 1 is 1.38 bits per heavy atom. The van der Waals surface area contributed by atoms with Crippen molar-refractivity contribution in [2.75, 3.05) is 38.1 Å². The number of piperazine rings is 1. The maximum absolute atomic E-state index is 12.4. The number of aromatic nitrogens is 3. The number of anilines is 1. The molecule has 2 aromatic rings. The van der Waals surface area contributed by atoms with Crippen molar-refractivity contribution in [2.45, 2.75) is 19.5 Å². The van der Waals surface area contributed by atoms with Gasteiger partial charge >= 0.3 is 0 Å². The van der Waals surface area contributed by atoms with Crippen LogP contribution in [0.1, 0.15) is 12.7 Å². The molecule has 0 radical (unpaired) electrons. The Kier molecular flexibility index (Phi) is 5.27. The molecule has 0 unspecified atom stereocenters. The summed E-state index contributed by atoms with van der Waals surface area (Å²) in [5, 5.41) is 2.64. The molecular formula is C16H24N6OS. The van der Waals surface area contributed by atoms with Gasteiger partial charge in [-0.15, -0.1) is 11.3 Å². The van der Waals surface area contributed by atoms with Gasteiger partial charge < -0.3 is 4.57 Å². The summed E-state index contributed by atoms with van der Waals surface area (Å²) in [5.74, 6) is 1.17. The SMILES string of the molecule is C[C@@H]1CN(CC(=O)N(C)c2nccs2)CCN1Cc1nccn1C. The Labute approximate surface area is 146 Å². The number of hydrogen-bond donors (Lipinski definition) is 0. The summed E-state index contributed by atoms with van der Waals surface area (Å²) in [6.07, 6.45) is 5.54. The zero-order valence-electron chi connectivity index (χ0n) is 14.4. The van der Waals surface area contributed by atoms with E-state index in [1.165, 1.54) is 11.3 Å². The molecule has 1 aliphatic heterocycles. The van der Waals surface area contributed by atoms with Crippen LogP contribution in [0.4, 0.5) is 5.13 Å². The highest BCUT2D eigenvalue weighted by atomic mass is 32.1. The minimum atomic E-state index is 0.0923. The Hall–Kier alpha value is -1.77. The standard InChI is InChI=1S/C16H24N6OS/c1-13-10-21(12-15(23)20(3)16-18-5-9-24-16)7-8-22(13)11-14-17-4-6-19(14)2/h4-6,9,13H,7-8,10-12H2,1-3H3/t13-/m1/s1. The summed E-state index contributed by atoms with van der Waals surface area (Å²) in [5.41, 5.74) is 0. The van der Waals surface area contributed by atoms with E-state index in [1.54, 1.807) is 18.1 Å². The van der Waals surface area contributed by atoms with Gasteiger partial charge in [-0.25, -0.2) is 9.97 Å². The van der Waals surface area contributed by atoms with Gasteiger partial charge in [-0.3, -0.25) is 19.5 Å². The highest BCUT2D eigenvalue weighted by Crippen LogP contribution is 2.17. The second kappa shape index (κ2) is 7.42. The van der Waals surface area contributed by atoms with E-state index in [1.807, 2.05) is 24.8 Å². The molecule has 0 aromatic carbocycles. The van der Waals surface area contributed by atoms with Gasteiger partial charge in [0.1, 0.15) is 5.82 Å². The van der Waals surface area contributed by atoms with Crippen molar-refractivity contribution < 1.29 is 4.79 Å². The number of aryl methyl sites for hydroxylation is 1. The van der Waals surface area contributed by atoms with Gasteiger partial charge in [-0.05, 0) is 6.92 Å². The third-order valence-corrected chi connectivity index (χ3v) is 5.40. The largest absolute Gasteiger partial charge is 0.337 e. The first kappa shape index (κ1) is 17.1. The number of likely N-dealkylation sites (N-methyl/N-ethyl adjacent to an activating group) is 1. The lowest BCUT2D eigenvalue weighted by atomic mass is 10.2. The molecule has 1 aliphatic rings. The highest BCUT2D eigenvalue weighted by Gasteiger charge is 2.27. The van der Waals surface area contributed by atoms with Crippen LogP contribution in [-0.4, -0.2) is 69.5 Å². The molecule has 0 bridgehead atoms. The molecule has 1 fully saturated rings. The zero-order valence-corrected chi connectivity index (χ0v) is 15.2. The van der Waals surface area contributed by atoms with Crippen LogP contribution in [0.3, 0.4) is 0 Å². The number of amides is 1. The molecule has 1 saturated heterocycles. The van der Waals surface area contributed by atoms with E-state index in [9.17, 15) is 4.79 Å². The Bertz CT molecular complexity index is 670. The average Bonchev–Trinajstić information content (AvgIpc) is 3.21. The second-order valence-corrected chi connectivity index (χ2v) is 7.15. The number of carbonyl (C=O) groups excluding carboxylic acids is 1. The first-order chi connectivity index (χ1) is 11.5. The van der Waals surface area contributed by atoms with Crippen molar-refractivity contribution >= 4 is 22.4 Å². The second-order valence-electron chi connectivity index (χ2n) is 6.28. The van der Waals surface area contributed by atoms with Gasteiger partial charge in [0.15, 0.2) is 5.13 Å². The van der Waals surface area contributed by atoms with E-state index in [0.717, 1.165) is 37.1 Å². The van der Waals surface area contributed by atoms with Gasteiger partial charge in [0.05, 0.1) is 13.1 Å². The van der Waals surface area contributed by atoms with Gasteiger partial charge in [0, 0.05) is 63.7 Å². The van der Waals surface area contributed by atoms with E-state index in [0.29, 0.717) is 12.6 Å². The number of thiazole rings is 1. The summed E-state index contributed by atoms with van der Waals surface area (Å²) in [6, 6.07) is 0.397. The van der Waals surface area contributed by atoms with Crippen LogP contribution in [0.5, 0.6) is 0 Å². The molecule has 3 rings (SSSR count). The molecule has 130 valence electrons. The number of carbonyl (C=O) groups is 1. The average molecular weight is 348 g/mol. The van der Waals surface area contributed by atoms with Crippen LogP contribution in [-0.2, 0) is 18.4 Å². The third kappa shape index (κ3) is 3.82. The summed E-state index contributed by atoms with van der Waals surface area (Å²) in [7, 11) is 3.82. The van der Waals surface area contributed by atoms with Crippen molar-refractivity contribution in [3.63, 3.8) is 0 Å². The normalized spacial score (nSPS) is 19.5. The molecule has 24 heavy (non-hydrogen) atoms. The van der Waals surface area contributed by atoms with Crippen LogP contribution in [0.25, 0.3) is 0 Å². The maximum atomic E-state index is 12.4. The van der Waals surface area contributed by atoms with Crippen LogP contribution in [0.2, 0.25) is 0 Å². The topological polar surface area (TPSA) is 57.5 Å². The third-order valence-electron chi connectivity index (χ3n) is 4.55. The molecule has 1 atom stereocenters. The number of nitrogens with zero attached hydrogens (tertiary/aromatic N) is 6. The first-order valence-electron chi connectivity index (χ1n) is 8.13. The van der Waals surface area contributed by atoms with Crippen molar-refractivity contribution in [1.82, 2.24) is 24.3 Å². The smallest absolute Gasteiger partial charge is 0.242 e. The van der Waals surface area contributed by atoms with Crippen LogP contribution < -0.4 is 4.90 Å². The molecule has 0 spiro atoms. The lowest BCUT2D eigenvalue weighted by Crippen LogP contribution is -2.53. The van der Waals surface area contributed by atoms with Crippen molar-refractivity contribution in [3.8, 4) is 0 Å². The fourth-order valence-electron chi connectivity index (χ4n) is 2.97. The Morgan fingerprint density at radius 3 is 2.83 bits per heavy atom. The monoisotopic (exact) mass is 348 g/mol. The van der Waals surface area contributed by atoms with E-state index in [2.05, 4.69) is 31.3 Å². The first-order valence-corrected chi connectivity index (χ1v) is 9.01. The molecule has 0 aliphatic carbocycles. The molecule has 0 N–H and O–H groups in total. The van der Waals surface area contributed by atoms with Gasteiger partial charge in [0.2, 0.25) is 5.91 Å². The van der Waals surface area contributed by atoms with Crippen molar-refractivity contribution in [2.24, 2.45) is 7.05 Å². The van der Waals surface area contributed by atoms with Crippen LogP contribution in [0, 0.1) is 0 Å². The summed E-state index contributed by atoms with van der Waals surface area (Å²) >= 11 is 1.48. The molecule has 3 heterocycles. The minimum absolute atomic E-state index is 0.0923. The summed E-state index contributed by atoms with van der Waals surface area (Å²) in [6.45, 7) is 6.24. The summed E-state index contributed by atoms with van der Waals surface area (Å²) in [4.78, 5) is 27.3. The molecule has 2 aromatic heterocycles. The molecule has 7 nitrogen and oxygen atoms in total. The van der Waals surface area contributed by atoms with Crippen LogP contribution >= 0.6 is 11.3 Å². The minimum Gasteiger partial charge on any atom is -0.337 e. The van der Waals surface area contributed by atoms with Gasteiger partial charge in [-0.1, -0.05) is 0 Å². The number of rotatable bonds is 5. The van der Waals surface area contributed by atoms with Gasteiger partial charge in [-0.2, -0.15) is 0 Å². The van der Waals surface area contributed by atoms with E-state index >= 15 is 0 Å². The van der Waals surface area contributed by atoms with E-state index < -0.39 is 0 Å². The van der Waals surface area contributed by atoms with Crippen molar-refractivity contribution in [3.05, 3.63) is 29.8 Å². The predicted octanol–water partition coefficient (Wildman–Crippen LogP) is 1.05. The quantitative estimate of drug-likeness (QED) is 0.808. The molecular weight excluding hydrogens is 324 g/mol. The highest BCUT2D eigenvalue weighted by molar-refractivity contribution is 7.13. The van der Waals surface area contributed by atoms with E-state index in [4.69, 9.17) is 0 Å². The molecule has 0 saturated carbocycles. The Balaban J connectivity index is 1.52. The number of imidazole rings is 1. The van der Waals surface area contributed by atoms with Crippen molar-refractivity contribution in [1.29, 1.82) is 0 Å². The maximum Gasteiger partial charge on any atom is 0.242 e. The lowest BCUT2D eigenvalue weighted by molar-refractivity contribution is -0.120. The number of hydrogen-bond acceptors (Lipinski definition) is 6. The molecule has 8 heteroatoms. The fraction of sp³-hybridized carbons (Fsp3) is 0.562. The summed E-state index contributed by atoms with van der Waals surface area (Å²) < 4.78 is 2.06. The molecule has 1 amide bonds. The Morgan fingerprint density at radius 2 is 2.21 bits per heavy atom. The fourth-order valence-corrected chi connectivity index (χ4v) is 3.59. The lowest BCUT2D eigenvalue weighted by Gasteiger charge is -2.39. The van der Waals surface area contributed by atoms with E-state index in [-0.39, 0.29) is 5.91 Å². The van der Waals surface area contributed by atoms with Gasteiger partial charge in [0.25, 0.3) is 0 Å². The predicted molar refractivity (Wildman–Crippen MR) is 95.0 cm³/mol. The van der Waals surface area contributed by atoms with Crippen LogP contribution in [0.15, 0.2) is 24.0 Å². The zero-order chi connectivity index (χ0) is 17.1.